The molecular formula is C11H16ClN3O. The molecule has 1 saturated carbocycles. The quantitative estimate of drug-likeness (QED) is 0.823. The van der Waals surface area contributed by atoms with Crippen molar-refractivity contribution in [2.75, 3.05) is 5.32 Å². The van der Waals surface area contributed by atoms with E-state index in [2.05, 4.69) is 15.3 Å². The van der Waals surface area contributed by atoms with E-state index in [9.17, 15) is 0 Å². The zero-order valence-corrected chi connectivity index (χ0v) is 10.2. The number of ether oxygens (including phenoxy) is 1. The van der Waals surface area contributed by atoms with Gasteiger partial charge in [-0.3, -0.25) is 0 Å². The Morgan fingerprint density at radius 2 is 2.19 bits per heavy atom. The minimum absolute atomic E-state index is 0.124. The van der Waals surface area contributed by atoms with Crippen LogP contribution in [-0.4, -0.2) is 27.5 Å². The smallest absolute Gasteiger partial charge is 0.218 e. The first-order chi connectivity index (χ1) is 7.63. The standard InChI is InChI=1S/C11H16ClN3O/c1-7(2)16-11-5-10(13-6-14-11)15-9-3-8(12)4-9/h5-9H,3-4H2,1-2H3,(H,13,14,15). The summed E-state index contributed by atoms with van der Waals surface area (Å²) in [4.78, 5) is 8.19. The first-order valence-electron chi connectivity index (χ1n) is 5.53. The van der Waals surface area contributed by atoms with Gasteiger partial charge in [-0.05, 0) is 26.7 Å². The molecule has 0 saturated heterocycles. The fourth-order valence-corrected chi connectivity index (χ4v) is 2.03. The molecule has 0 aliphatic heterocycles. The van der Waals surface area contributed by atoms with Crippen LogP contribution >= 0.6 is 11.6 Å². The van der Waals surface area contributed by atoms with Crippen LogP contribution in [0.2, 0.25) is 0 Å². The average molecular weight is 242 g/mol. The molecule has 2 rings (SSSR count). The van der Waals surface area contributed by atoms with E-state index in [0.717, 1.165) is 18.7 Å². The molecule has 0 spiro atoms. The van der Waals surface area contributed by atoms with Gasteiger partial charge in [-0.25, -0.2) is 9.97 Å². The molecule has 16 heavy (non-hydrogen) atoms. The Bertz CT molecular complexity index is 353. The maximum absolute atomic E-state index is 5.91. The SMILES string of the molecule is CC(C)Oc1cc(NC2CC(Cl)C2)ncn1. The number of nitrogens with one attached hydrogen (secondary N) is 1. The highest BCUT2D eigenvalue weighted by Crippen LogP contribution is 2.28. The molecule has 0 aromatic carbocycles. The minimum Gasteiger partial charge on any atom is -0.475 e. The summed E-state index contributed by atoms with van der Waals surface area (Å²) < 4.78 is 5.49. The second-order valence-electron chi connectivity index (χ2n) is 4.32. The topological polar surface area (TPSA) is 47.0 Å². The Hall–Kier alpha value is -1.03. The molecule has 0 amide bonds. The van der Waals surface area contributed by atoms with Crippen LogP contribution in [-0.2, 0) is 0 Å². The second-order valence-corrected chi connectivity index (χ2v) is 4.94. The van der Waals surface area contributed by atoms with E-state index in [-0.39, 0.29) is 6.10 Å². The number of anilines is 1. The highest BCUT2D eigenvalue weighted by molar-refractivity contribution is 6.21. The van der Waals surface area contributed by atoms with Gasteiger partial charge < -0.3 is 10.1 Å². The van der Waals surface area contributed by atoms with E-state index in [1.54, 1.807) is 0 Å². The Balaban J connectivity index is 1.93. The van der Waals surface area contributed by atoms with Gasteiger partial charge in [-0.15, -0.1) is 11.6 Å². The van der Waals surface area contributed by atoms with Crippen LogP contribution in [0, 0.1) is 0 Å². The third kappa shape index (κ3) is 2.98. The first-order valence-corrected chi connectivity index (χ1v) is 5.96. The molecule has 4 nitrogen and oxygen atoms in total. The molecule has 5 heteroatoms. The van der Waals surface area contributed by atoms with E-state index in [1.807, 2.05) is 19.9 Å². The number of rotatable bonds is 4. The Morgan fingerprint density at radius 1 is 1.44 bits per heavy atom. The molecule has 1 aromatic rings. The molecule has 1 heterocycles. The van der Waals surface area contributed by atoms with Crippen molar-refractivity contribution in [2.24, 2.45) is 0 Å². The third-order valence-electron chi connectivity index (χ3n) is 2.43. The summed E-state index contributed by atoms with van der Waals surface area (Å²) in [5, 5.41) is 3.62. The van der Waals surface area contributed by atoms with Crippen molar-refractivity contribution >= 4 is 17.4 Å². The van der Waals surface area contributed by atoms with E-state index in [1.165, 1.54) is 6.33 Å². The van der Waals surface area contributed by atoms with Crippen molar-refractivity contribution in [1.82, 2.24) is 9.97 Å². The van der Waals surface area contributed by atoms with Crippen LogP contribution in [0.15, 0.2) is 12.4 Å². The fraction of sp³-hybridized carbons (Fsp3) is 0.636. The van der Waals surface area contributed by atoms with E-state index >= 15 is 0 Å². The zero-order chi connectivity index (χ0) is 11.5. The molecule has 0 radical (unpaired) electrons. The molecule has 1 aromatic heterocycles. The molecule has 0 atom stereocenters. The number of aromatic nitrogens is 2. The summed E-state index contributed by atoms with van der Waals surface area (Å²) in [5.41, 5.74) is 0. The maximum Gasteiger partial charge on any atom is 0.218 e. The van der Waals surface area contributed by atoms with Crippen molar-refractivity contribution < 1.29 is 4.74 Å². The molecule has 1 aliphatic carbocycles. The number of hydrogen-bond donors (Lipinski definition) is 1. The van der Waals surface area contributed by atoms with Crippen molar-refractivity contribution in [3.63, 3.8) is 0 Å². The molecule has 0 unspecified atom stereocenters. The second kappa shape index (κ2) is 4.87. The van der Waals surface area contributed by atoms with Gasteiger partial charge in [0.2, 0.25) is 5.88 Å². The summed E-state index contributed by atoms with van der Waals surface area (Å²) in [6, 6.07) is 2.26. The molecule has 0 bridgehead atoms. The summed E-state index contributed by atoms with van der Waals surface area (Å²) >= 11 is 5.91. The van der Waals surface area contributed by atoms with E-state index in [0.29, 0.717) is 17.3 Å². The van der Waals surface area contributed by atoms with E-state index < -0.39 is 0 Å². The van der Waals surface area contributed by atoms with E-state index in [4.69, 9.17) is 16.3 Å². The Labute approximate surface area is 100 Å². The van der Waals surface area contributed by atoms with Gasteiger partial charge in [0.1, 0.15) is 12.1 Å². The lowest BCUT2D eigenvalue weighted by molar-refractivity contribution is 0.232. The van der Waals surface area contributed by atoms with Gasteiger partial charge in [0, 0.05) is 17.5 Å². The van der Waals surface area contributed by atoms with Crippen LogP contribution in [0.5, 0.6) is 5.88 Å². The lowest BCUT2D eigenvalue weighted by Crippen LogP contribution is -2.36. The van der Waals surface area contributed by atoms with Gasteiger partial charge in [0.15, 0.2) is 0 Å². The van der Waals surface area contributed by atoms with Crippen LogP contribution in [0.4, 0.5) is 5.82 Å². The summed E-state index contributed by atoms with van der Waals surface area (Å²) in [6.45, 7) is 3.94. The highest BCUT2D eigenvalue weighted by atomic mass is 35.5. The molecule has 1 aliphatic rings. The number of halogens is 1. The predicted octanol–water partition coefficient (Wildman–Crippen LogP) is 2.45. The van der Waals surface area contributed by atoms with Crippen LogP contribution in [0.3, 0.4) is 0 Å². The van der Waals surface area contributed by atoms with Gasteiger partial charge >= 0.3 is 0 Å². The van der Waals surface area contributed by atoms with Crippen LogP contribution in [0.25, 0.3) is 0 Å². The van der Waals surface area contributed by atoms with Gasteiger partial charge in [0.25, 0.3) is 0 Å². The van der Waals surface area contributed by atoms with Crippen LogP contribution < -0.4 is 10.1 Å². The Kier molecular flexibility index (Phi) is 3.49. The summed E-state index contributed by atoms with van der Waals surface area (Å²) in [7, 11) is 0. The van der Waals surface area contributed by atoms with Crippen molar-refractivity contribution in [3.8, 4) is 5.88 Å². The largest absolute Gasteiger partial charge is 0.475 e. The number of alkyl halides is 1. The van der Waals surface area contributed by atoms with Crippen molar-refractivity contribution in [1.29, 1.82) is 0 Å². The predicted molar refractivity (Wildman–Crippen MR) is 64.1 cm³/mol. The minimum atomic E-state index is 0.124. The van der Waals surface area contributed by atoms with Gasteiger partial charge in [-0.1, -0.05) is 0 Å². The lowest BCUT2D eigenvalue weighted by atomic mass is 9.92. The summed E-state index contributed by atoms with van der Waals surface area (Å²) in [6.07, 6.45) is 3.62. The third-order valence-corrected chi connectivity index (χ3v) is 2.79. The van der Waals surface area contributed by atoms with Crippen LogP contribution in [0.1, 0.15) is 26.7 Å². The monoisotopic (exact) mass is 241 g/mol. The zero-order valence-electron chi connectivity index (χ0n) is 9.48. The molecule has 1 fully saturated rings. The number of nitrogens with zero attached hydrogens (tertiary/aromatic N) is 2. The van der Waals surface area contributed by atoms with Crippen molar-refractivity contribution in [2.45, 2.75) is 44.2 Å². The van der Waals surface area contributed by atoms with Crippen molar-refractivity contribution in [3.05, 3.63) is 12.4 Å². The van der Waals surface area contributed by atoms with Gasteiger partial charge in [-0.2, -0.15) is 0 Å². The fourth-order valence-electron chi connectivity index (χ4n) is 1.60. The maximum atomic E-state index is 5.91. The highest BCUT2D eigenvalue weighted by Gasteiger charge is 2.27. The Morgan fingerprint density at radius 3 is 2.81 bits per heavy atom. The summed E-state index contributed by atoms with van der Waals surface area (Å²) in [5.74, 6) is 1.41. The van der Waals surface area contributed by atoms with Gasteiger partial charge in [0.05, 0.1) is 6.10 Å². The normalized spacial score (nSPS) is 24.0. The average Bonchev–Trinajstić information content (AvgIpc) is 2.15. The lowest BCUT2D eigenvalue weighted by Gasteiger charge is -2.31. The first kappa shape index (κ1) is 11.5. The molecular weight excluding hydrogens is 226 g/mol. The molecule has 1 N–H and O–H groups in total. The molecule has 88 valence electrons. The number of hydrogen-bond acceptors (Lipinski definition) is 4.